The molecule has 0 aromatic carbocycles. The number of unbranched alkanes of at least 4 members (excludes halogenated alkanes) is 27. The molecule has 0 radical (unpaired) electrons. The third-order valence-corrected chi connectivity index (χ3v) is 11.8. The minimum atomic E-state index is -1.54. The van der Waals surface area contributed by atoms with Crippen LogP contribution in [0.1, 0.15) is 226 Å². The maximum absolute atomic E-state index is 12.8. The summed E-state index contributed by atoms with van der Waals surface area (Å²) in [5, 5.41) is 40.2. The second-order valence-corrected chi connectivity index (χ2v) is 17.6. The molecule has 358 valence electrons. The zero-order chi connectivity index (χ0) is 44.3. The molecule has 0 spiro atoms. The third-order valence-electron chi connectivity index (χ3n) is 11.8. The smallest absolute Gasteiger partial charge is 0.306 e. The fourth-order valence-electron chi connectivity index (χ4n) is 7.86. The SMILES string of the molecule is CC/C=C\C/C=C\C/C=C\CCCCCCOCC(COC1OC(CO)C(O)C(O)C1O)OC(=O)CCCCCCCCCCCCCCCCCCCCCCCCCC. The lowest BCUT2D eigenvalue weighted by atomic mass is 9.99. The van der Waals surface area contributed by atoms with Gasteiger partial charge < -0.3 is 39.4 Å². The van der Waals surface area contributed by atoms with Crippen molar-refractivity contribution in [1.82, 2.24) is 0 Å². The monoisotopic (exact) mass is 865 g/mol. The van der Waals surface area contributed by atoms with Crippen LogP contribution in [0, 0.1) is 0 Å². The van der Waals surface area contributed by atoms with Crippen LogP contribution in [0.4, 0.5) is 0 Å². The van der Waals surface area contributed by atoms with E-state index >= 15 is 0 Å². The Morgan fingerprint density at radius 1 is 0.541 bits per heavy atom. The molecule has 6 atom stereocenters. The predicted octanol–water partition coefficient (Wildman–Crippen LogP) is 12.3. The van der Waals surface area contributed by atoms with E-state index in [0.717, 1.165) is 70.6 Å². The van der Waals surface area contributed by atoms with Crippen LogP contribution in [0.5, 0.6) is 0 Å². The molecular formula is C52H96O9. The number of esters is 1. The molecule has 9 heteroatoms. The van der Waals surface area contributed by atoms with Gasteiger partial charge in [-0.3, -0.25) is 4.79 Å². The first-order valence-corrected chi connectivity index (χ1v) is 25.6. The quantitative estimate of drug-likeness (QED) is 0.0268. The molecule has 0 aliphatic carbocycles. The van der Waals surface area contributed by atoms with Gasteiger partial charge in [-0.25, -0.2) is 0 Å². The van der Waals surface area contributed by atoms with Gasteiger partial charge in [0.1, 0.15) is 30.5 Å². The highest BCUT2D eigenvalue weighted by atomic mass is 16.7. The molecule has 1 rings (SSSR count). The van der Waals surface area contributed by atoms with E-state index < -0.39 is 43.4 Å². The van der Waals surface area contributed by atoms with E-state index in [1.54, 1.807) is 0 Å². The van der Waals surface area contributed by atoms with Crippen molar-refractivity contribution in [1.29, 1.82) is 0 Å². The molecule has 0 bridgehead atoms. The number of rotatable bonds is 44. The van der Waals surface area contributed by atoms with Crippen LogP contribution in [0.2, 0.25) is 0 Å². The Labute approximate surface area is 374 Å². The molecule has 0 amide bonds. The van der Waals surface area contributed by atoms with E-state index in [-0.39, 0.29) is 19.2 Å². The van der Waals surface area contributed by atoms with E-state index in [4.69, 9.17) is 18.9 Å². The lowest BCUT2D eigenvalue weighted by molar-refractivity contribution is -0.305. The molecule has 9 nitrogen and oxygen atoms in total. The van der Waals surface area contributed by atoms with Crippen molar-refractivity contribution in [2.45, 2.75) is 263 Å². The van der Waals surface area contributed by atoms with Crippen molar-refractivity contribution in [3.8, 4) is 0 Å². The number of carbonyl (C=O) groups excluding carboxylic acids is 1. The summed E-state index contributed by atoms with van der Waals surface area (Å²) in [4.78, 5) is 12.8. The molecule has 1 saturated heterocycles. The van der Waals surface area contributed by atoms with Gasteiger partial charge in [0.25, 0.3) is 0 Å². The van der Waals surface area contributed by atoms with Crippen molar-refractivity contribution in [2.24, 2.45) is 0 Å². The molecule has 4 N–H and O–H groups in total. The molecule has 1 aliphatic heterocycles. The average Bonchev–Trinajstić information content (AvgIpc) is 3.26. The minimum absolute atomic E-state index is 0.120. The Morgan fingerprint density at radius 2 is 1.00 bits per heavy atom. The molecule has 0 aromatic rings. The Balaban J connectivity index is 2.17. The van der Waals surface area contributed by atoms with Crippen LogP contribution in [0.25, 0.3) is 0 Å². The Morgan fingerprint density at radius 3 is 1.51 bits per heavy atom. The van der Waals surface area contributed by atoms with Crippen molar-refractivity contribution < 1.29 is 44.2 Å². The predicted molar refractivity (Wildman–Crippen MR) is 252 cm³/mol. The first kappa shape index (κ1) is 57.4. The van der Waals surface area contributed by atoms with Gasteiger partial charge in [-0.2, -0.15) is 0 Å². The largest absolute Gasteiger partial charge is 0.457 e. The van der Waals surface area contributed by atoms with E-state index in [1.807, 2.05) is 0 Å². The summed E-state index contributed by atoms with van der Waals surface area (Å²) < 4.78 is 22.8. The Kier molecular flexibility index (Phi) is 41.1. The maximum Gasteiger partial charge on any atom is 0.306 e. The molecule has 0 saturated carbocycles. The molecule has 1 fully saturated rings. The normalized spacial score (nSPS) is 20.1. The number of hydrogen-bond acceptors (Lipinski definition) is 9. The first-order chi connectivity index (χ1) is 29.9. The van der Waals surface area contributed by atoms with Crippen LogP contribution < -0.4 is 0 Å². The van der Waals surface area contributed by atoms with Gasteiger partial charge in [0.2, 0.25) is 0 Å². The van der Waals surface area contributed by atoms with Gasteiger partial charge in [0.15, 0.2) is 6.29 Å². The number of hydrogen-bond donors (Lipinski definition) is 4. The third kappa shape index (κ3) is 34.5. The van der Waals surface area contributed by atoms with Gasteiger partial charge in [0, 0.05) is 13.0 Å². The van der Waals surface area contributed by atoms with Crippen LogP contribution >= 0.6 is 0 Å². The Hall–Kier alpha value is -1.59. The zero-order valence-corrected chi connectivity index (χ0v) is 39.4. The number of aliphatic hydroxyl groups excluding tert-OH is 4. The van der Waals surface area contributed by atoms with Crippen LogP contribution in [0.15, 0.2) is 36.5 Å². The standard InChI is InChI=1S/C52H96O9/c1-3-5-7-9-11-13-15-17-19-20-21-22-23-24-25-26-27-28-29-31-33-35-37-39-41-48(54)60-46(45-59-52-51(57)50(56)49(55)47(43-53)61-52)44-58-42-40-38-36-34-32-30-18-16-14-12-10-8-6-4-2/h6,8,12,14,18,30,46-47,49-53,55-57H,3-5,7,9-11,13,15-17,19-29,31-45H2,1-2H3/b8-6-,14-12-,30-18-. The summed E-state index contributed by atoms with van der Waals surface area (Å²) >= 11 is 0. The summed E-state index contributed by atoms with van der Waals surface area (Å²) in [5.41, 5.74) is 0. The zero-order valence-electron chi connectivity index (χ0n) is 39.4. The fourth-order valence-corrected chi connectivity index (χ4v) is 7.86. The number of aliphatic hydroxyl groups is 4. The highest BCUT2D eigenvalue weighted by molar-refractivity contribution is 5.69. The van der Waals surface area contributed by atoms with E-state index in [1.165, 1.54) is 135 Å². The molecule has 6 unspecified atom stereocenters. The number of allylic oxidation sites excluding steroid dienone is 6. The summed E-state index contributed by atoms with van der Waals surface area (Å²) in [6.07, 6.45) is 46.2. The molecule has 0 aromatic heterocycles. The summed E-state index contributed by atoms with van der Waals surface area (Å²) in [7, 11) is 0. The van der Waals surface area contributed by atoms with Gasteiger partial charge in [0.05, 0.1) is 19.8 Å². The number of carbonyl (C=O) groups is 1. The fraction of sp³-hybridized carbons (Fsp3) is 0.865. The topological polar surface area (TPSA) is 135 Å². The van der Waals surface area contributed by atoms with Crippen LogP contribution in [-0.4, -0.2) is 89.6 Å². The molecule has 1 heterocycles. The molecule has 61 heavy (non-hydrogen) atoms. The van der Waals surface area contributed by atoms with Gasteiger partial charge in [-0.15, -0.1) is 0 Å². The second-order valence-electron chi connectivity index (χ2n) is 17.6. The van der Waals surface area contributed by atoms with E-state index in [2.05, 4.69) is 50.3 Å². The Bertz CT molecular complexity index is 1030. The van der Waals surface area contributed by atoms with Crippen molar-refractivity contribution in [2.75, 3.05) is 26.4 Å². The minimum Gasteiger partial charge on any atom is -0.457 e. The van der Waals surface area contributed by atoms with E-state index in [0.29, 0.717) is 13.0 Å². The molecule has 1 aliphatic rings. The number of ether oxygens (including phenoxy) is 4. The lowest BCUT2D eigenvalue weighted by Gasteiger charge is -2.39. The lowest BCUT2D eigenvalue weighted by Crippen LogP contribution is -2.59. The van der Waals surface area contributed by atoms with Gasteiger partial charge in [-0.05, 0) is 44.9 Å². The first-order valence-electron chi connectivity index (χ1n) is 25.6. The average molecular weight is 865 g/mol. The van der Waals surface area contributed by atoms with E-state index in [9.17, 15) is 25.2 Å². The summed E-state index contributed by atoms with van der Waals surface area (Å²) in [6, 6.07) is 0. The summed E-state index contributed by atoms with van der Waals surface area (Å²) in [6.45, 7) is 4.43. The van der Waals surface area contributed by atoms with Gasteiger partial charge >= 0.3 is 5.97 Å². The van der Waals surface area contributed by atoms with Crippen LogP contribution in [0.3, 0.4) is 0 Å². The highest BCUT2D eigenvalue weighted by Gasteiger charge is 2.44. The van der Waals surface area contributed by atoms with Crippen molar-refractivity contribution >= 4 is 5.97 Å². The second kappa shape index (κ2) is 43.7. The van der Waals surface area contributed by atoms with Crippen molar-refractivity contribution in [3.63, 3.8) is 0 Å². The summed E-state index contributed by atoms with van der Waals surface area (Å²) in [5.74, 6) is -0.318. The van der Waals surface area contributed by atoms with Gasteiger partial charge in [-0.1, -0.05) is 211 Å². The maximum atomic E-state index is 12.8. The molecular weight excluding hydrogens is 769 g/mol. The highest BCUT2D eigenvalue weighted by Crippen LogP contribution is 2.23. The van der Waals surface area contributed by atoms with Crippen molar-refractivity contribution in [3.05, 3.63) is 36.5 Å². The van der Waals surface area contributed by atoms with Crippen LogP contribution in [-0.2, 0) is 23.7 Å².